The number of pyridine rings is 1. The monoisotopic (exact) mass is 472 g/mol. The molecule has 0 saturated heterocycles. The van der Waals surface area contributed by atoms with Crippen LogP contribution in [0.2, 0.25) is 0 Å². The standard InChI is InChI=1S/C23H15F3N2O6/c1-22(10-32-16-9-18-17(8-13(16)22)33-23(25,26)34-18)21(31)28-19-4-2-3-15(27-19)12-7-11(20(29)30)5-6-14(12)24/h2-9H,10H2,1H3,(H,29,30)(H,27,28,31)/t22-/m0/s1. The number of halogens is 3. The molecule has 1 amide bonds. The number of aromatic carboxylic acids is 1. The fraction of sp³-hybridized carbons (Fsp3) is 0.174. The van der Waals surface area contributed by atoms with Crippen molar-refractivity contribution in [3.05, 3.63) is 65.5 Å². The normalized spacial score (nSPS) is 19.3. The van der Waals surface area contributed by atoms with Gasteiger partial charge < -0.3 is 24.6 Å². The molecule has 174 valence electrons. The molecule has 5 rings (SSSR count). The van der Waals surface area contributed by atoms with Crippen molar-refractivity contribution in [2.24, 2.45) is 0 Å². The summed E-state index contributed by atoms with van der Waals surface area (Å²) in [6.45, 7) is 1.48. The lowest BCUT2D eigenvalue weighted by atomic mass is 9.83. The van der Waals surface area contributed by atoms with Crippen molar-refractivity contribution >= 4 is 17.7 Å². The number of anilines is 1. The Hall–Kier alpha value is -4.28. The maximum Gasteiger partial charge on any atom is 0.586 e. The molecule has 34 heavy (non-hydrogen) atoms. The molecule has 0 aliphatic carbocycles. The molecule has 1 atom stereocenters. The molecule has 0 radical (unpaired) electrons. The Balaban J connectivity index is 1.43. The van der Waals surface area contributed by atoms with Crippen LogP contribution in [0.3, 0.4) is 0 Å². The number of aromatic nitrogens is 1. The summed E-state index contributed by atoms with van der Waals surface area (Å²) in [6.07, 6.45) is -3.81. The molecule has 11 heteroatoms. The van der Waals surface area contributed by atoms with Gasteiger partial charge in [0.2, 0.25) is 5.91 Å². The zero-order chi connectivity index (χ0) is 24.3. The minimum atomic E-state index is -3.81. The predicted octanol–water partition coefficient (Wildman–Crippen LogP) is 4.20. The second kappa shape index (κ2) is 7.37. The van der Waals surface area contributed by atoms with Crippen molar-refractivity contribution in [3.63, 3.8) is 0 Å². The van der Waals surface area contributed by atoms with Crippen LogP contribution in [0.15, 0.2) is 48.5 Å². The van der Waals surface area contributed by atoms with Gasteiger partial charge in [-0.2, -0.15) is 0 Å². The molecule has 2 aliphatic rings. The molecule has 0 saturated carbocycles. The molecular formula is C23H15F3N2O6. The van der Waals surface area contributed by atoms with Crippen molar-refractivity contribution < 1.29 is 42.1 Å². The van der Waals surface area contributed by atoms with Crippen LogP contribution >= 0.6 is 0 Å². The van der Waals surface area contributed by atoms with E-state index in [2.05, 4.69) is 19.8 Å². The number of benzene rings is 2. The summed E-state index contributed by atoms with van der Waals surface area (Å²) >= 11 is 0. The van der Waals surface area contributed by atoms with E-state index in [1.165, 1.54) is 30.3 Å². The van der Waals surface area contributed by atoms with E-state index in [0.29, 0.717) is 5.56 Å². The molecular weight excluding hydrogens is 457 g/mol. The van der Waals surface area contributed by atoms with E-state index in [4.69, 9.17) is 9.84 Å². The third-order valence-electron chi connectivity index (χ3n) is 5.60. The molecule has 0 fully saturated rings. The first-order valence-electron chi connectivity index (χ1n) is 9.95. The van der Waals surface area contributed by atoms with Gasteiger partial charge in [-0.1, -0.05) is 6.07 Å². The SMILES string of the molecule is C[C@]1(C(=O)Nc2cccc(-c3cc(C(=O)O)ccc3F)n2)COc2cc3c(cc21)OC(F)(F)O3. The summed E-state index contributed by atoms with van der Waals surface area (Å²) in [5.41, 5.74) is -1.02. The number of carbonyl (C=O) groups excluding carboxylic acids is 1. The Morgan fingerprint density at radius 3 is 2.53 bits per heavy atom. The fourth-order valence-corrected chi connectivity index (χ4v) is 3.78. The van der Waals surface area contributed by atoms with E-state index in [1.54, 1.807) is 6.92 Å². The van der Waals surface area contributed by atoms with Gasteiger partial charge in [-0.3, -0.25) is 4.79 Å². The second-order valence-electron chi connectivity index (χ2n) is 7.95. The summed E-state index contributed by atoms with van der Waals surface area (Å²) in [4.78, 5) is 28.6. The summed E-state index contributed by atoms with van der Waals surface area (Å²) in [6, 6.07) is 10.3. The zero-order valence-corrected chi connectivity index (χ0v) is 17.4. The van der Waals surface area contributed by atoms with Gasteiger partial charge in [-0.05, 0) is 43.3 Å². The van der Waals surface area contributed by atoms with Crippen molar-refractivity contribution in [2.45, 2.75) is 18.6 Å². The highest BCUT2D eigenvalue weighted by Gasteiger charge is 2.49. The molecule has 2 aromatic carbocycles. The van der Waals surface area contributed by atoms with Crippen LogP contribution in [0.25, 0.3) is 11.3 Å². The molecule has 0 bridgehead atoms. The van der Waals surface area contributed by atoms with Gasteiger partial charge in [0.25, 0.3) is 0 Å². The number of carboxylic acid groups (broad SMARTS) is 1. The summed E-state index contributed by atoms with van der Waals surface area (Å²) in [7, 11) is 0. The Morgan fingerprint density at radius 2 is 1.79 bits per heavy atom. The van der Waals surface area contributed by atoms with Gasteiger partial charge in [0.15, 0.2) is 11.5 Å². The van der Waals surface area contributed by atoms with Crippen LogP contribution in [0.4, 0.5) is 19.0 Å². The number of hydrogen-bond acceptors (Lipinski definition) is 6. The Kier molecular flexibility index (Phi) is 4.67. The highest BCUT2D eigenvalue weighted by atomic mass is 19.3. The first kappa shape index (κ1) is 21.6. The van der Waals surface area contributed by atoms with Crippen LogP contribution in [0.1, 0.15) is 22.8 Å². The van der Waals surface area contributed by atoms with Gasteiger partial charge in [0, 0.05) is 17.2 Å². The number of hydrogen-bond donors (Lipinski definition) is 2. The number of carbonyl (C=O) groups is 2. The minimum absolute atomic E-state index is 0.0506. The smallest absolute Gasteiger partial charge is 0.492 e. The lowest BCUT2D eigenvalue weighted by molar-refractivity contribution is -0.286. The summed E-state index contributed by atoms with van der Waals surface area (Å²) < 4.78 is 55.6. The van der Waals surface area contributed by atoms with Gasteiger partial charge in [0.1, 0.15) is 29.4 Å². The minimum Gasteiger partial charge on any atom is -0.492 e. The molecule has 2 N–H and O–H groups in total. The third-order valence-corrected chi connectivity index (χ3v) is 5.60. The number of fused-ring (bicyclic) bond motifs is 2. The Labute approximate surface area is 189 Å². The lowest BCUT2D eigenvalue weighted by Crippen LogP contribution is -2.39. The van der Waals surface area contributed by atoms with E-state index in [1.807, 2.05) is 0 Å². The average Bonchev–Trinajstić information content (AvgIpc) is 3.27. The van der Waals surface area contributed by atoms with Crippen LogP contribution in [0.5, 0.6) is 17.2 Å². The molecule has 2 aliphatic heterocycles. The number of nitrogens with one attached hydrogen (secondary N) is 1. The van der Waals surface area contributed by atoms with Crippen LogP contribution in [0, 0.1) is 5.82 Å². The van der Waals surface area contributed by atoms with Crippen molar-refractivity contribution in [1.82, 2.24) is 4.98 Å². The van der Waals surface area contributed by atoms with Gasteiger partial charge in [0.05, 0.1) is 11.3 Å². The highest BCUT2D eigenvalue weighted by molar-refractivity contribution is 6.00. The first-order chi connectivity index (χ1) is 16.1. The number of ether oxygens (including phenoxy) is 3. The fourth-order valence-electron chi connectivity index (χ4n) is 3.78. The topological polar surface area (TPSA) is 107 Å². The van der Waals surface area contributed by atoms with Gasteiger partial charge >= 0.3 is 12.3 Å². The maximum absolute atomic E-state index is 14.3. The largest absolute Gasteiger partial charge is 0.586 e. The lowest BCUT2D eigenvalue weighted by Gasteiger charge is -2.21. The first-order valence-corrected chi connectivity index (χ1v) is 9.95. The van der Waals surface area contributed by atoms with Gasteiger partial charge in [-0.15, -0.1) is 8.78 Å². The molecule has 8 nitrogen and oxygen atoms in total. The van der Waals surface area contributed by atoms with Gasteiger partial charge in [-0.25, -0.2) is 14.2 Å². The van der Waals surface area contributed by atoms with E-state index in [-0.39, 0.29) is 46.5 Å². The number of rotatable bonds is 4. The van der Waals surface area contributed by atoms with Crippen molar-refractivity contribution in [2.75, 3.05) is 11.9 Å². The summed E-state index contributed by atoms with van der Waals surface area (Å²) in [5.74, 6) is -2.61. The van der Waals surface area contributed by atoms with E-state index < -0.39 is 29.4 Å². The molecule has 1 aromatic heterocycles. The quantitative estimate of drug-likeness (QED) is 0.586. The van der Waals surface area contributed by atoms with Crippen LogP contribution < -0.4 is 19.5 Å². The van der Waals surface area contributed by atoms with Crippen LogP contribution in [-0.2, 0) is 10.2 Å². The van der Waals surface area contributed by atoms with E-state index >= 15 is 0 Å². The predicted molar refractivity (Wildman–Crippen MR) is 111 cm³/mol. The Bertz CT molecular complexity index is 1360. The third kappa shape index (κ3) is 3.54. The average molecular weight is 472 g/mol. The number of carboxylic acids is 1. The molecule has 0 unspecified atom stereocenters. The van der Waals surface area contributed by atoms with E-state index in [0.717, 1.165) is 18.2 Å². The maximum atomic E-state index is 14.3. The second-order valence-corrected chi connectivity index (χ2v) is 7.95. The van der Waals surface area contributed by atoms with Crippen LogP contribution in [-0.4, -0.2) is 34.9 Å². The van der Waals surface area contributed by atoms with Crippen molar-refractivity contribution in [3.8, 4) is 28.5 Å². The number of alkyl halides is 2. The molecule has 3 heterocycles. The molecule has 0 spiro atoms. The van der Waals surface area contributed by atoms with Crippen molar-refractivity contribution in [1.29, 1.82) is 0 Å². The zero-order valence-electron chi connectivity index (χ0n) is 17.4. The van der Waals surface area contributed by atoms with E-state index in [9.17, 15) is 22.8 Å². The number of nitrogens with zero attached hydrogens (tertiary/aromatic N) is 1. The summed E-state index contributed by atoms with van der Waals surface area (Å²) in [5, 5.41) is 11.8. The number of amides is 1. The molecule has 3 aromatic rings. The highest BCUT2D eigenvalue weighted by Crippen LogP contribution is 2.50. The Morgan fingerprint density at radius 1 is 1.06 bits per heavy atom.